The van der Waals surface area contributed by atoms with Crippen molar-refractivity contribution >= 4 is 23.2 Å². The number of hydroxylamine groups is 1. The van der Waals surface area contributed by atoms with Gasteiger partial charge in [0.25, 0.3) is 11.8 Å². The lowest BCUT2D eigenvalue weighted by atomic mass is 10.2. The molecular formula is C12H16N2O3S. The van der Waals surface area contributed by atoms with Gasteiger partial charge in [0.2, 0.25) is 0 Å². The van der Waals surface area contributed by atoms with E-state index in [4.69, 9.17) is 4.84 Å². The fourth-order valence-electron chi connectivity index (χ4n) is 2.04. The highest BCUT2D eigenvalue weighted by molar-refractivity contribution is 7.12. The van der Waals surface area contributed by atoms with Gasteiger partial charge in [0, 0.05) is 6.54 Å². The first-order valence-corrected chi connectivity index (χ1v) is 6.88. The van der Waals surface area contributed by atoms with Crippen molar-refractivity contribution in [1.82, 2.24) is 10.4 Å². The highest BCUT2D eigenvalue weighted by Gasteiger charge is 2.34. The summed E-state index contributed by atoms with van der Waals surface area (Å²) in [5, 5.41) is 1.86. The van der Waals surface area contributed by atoms with Gasteiger partial charge in [0.15, 0.2) is 0 Å². The number of likely N-dealkylation sites (tertiary alicyclic amines) is 1. The zero-order valence-corrected chi connectivity index (χ0v) is 11.0. The third-order valence-electron chi connectivity index (χ3n) is 2.87. The van der Waals surface area contributed by atoms with E-state index >= 15 is 0 Å². The highest BCUT2D eigenvalue weighted by Crippen LogP contribution is 2.22. The van der Waals surface area contributed by atoms with Crippen LogP contribution in [0, 0.1) is 0 Å². The normalized spacial score (nSPS) is 18.9. The minimum Gasteiger partial charge on any atom is -0.326 e. The number of rotatable bonds is 4. The zero-order valence-electron chi connectivity index (χ0n) is 10.2. The van der Waals surface area contributed by atoms with Crippen LogP contribution < -0.4 is 5.48 Å². The maximum atomic E-state index is 12.2. The standard InChI is InChI=1S/C12H16N2O3S/c1-2-17-13-11(15)9-5-3-7-14(9)12(16)10-6-4-8-18-10/h4,6,8-9H,2-3,5,7H2,1H3,(H,13,15). The fourth-order valence-corrected chi connectivity index (χ4v) is 2.71. The molecule has 2 amide bonds. The first-order valence-electron chi connectivity index (χ1n) is 6.00. The molecule has 1 fully saturated rings. The van der Waals surface area contributed by atoms with Crippen molar-refractivity contribution in [2.24, 2.45) is 0 Å². The van der Waals surface area contributed by atoms with Gasteiger partial charge in [-0.05, 0) is 31.2 Å². The molecule has 0 saturated carbocycles. The lowest BCUT2D eigenvalue weighted by molar-refractivity contribution is -0.137. The Hall–Kier alpha value is -1.40. The molecule has 1 aromatic heterocycles. The van der Waals surface area contributed by atoms with Gasteiger partial charge >= 0.3 is 0 Å². The second-order valence-corrected chi connectivity index (χ2v) is 4.98. The summed E-state index contributed by atoms with van der Waals surface area (Å²) < 4.78 is 0. The molecule has 0 radical (unpaired) electrons. The van der Waals surface area contributed by atoms with E-state index in [2.05, 4.69) is 5.48 Å². The second kappa shape index (κ2) is 5.97. The Bertz CT molecular complexity index is 419. The lowest BCUT2D eigenvalue weighted by Crippen LogP contribution is -2.45. The van der Waals surface area contributed by atoms with E-state index in [-0.39, 0.29) is 11.8 Å². The predicted octanol–water partition coefficient (Wildman–Crippen LogP) is 1.42. The summed E-state index contributed by atoms with van der Waals surface area (Å²) in [6.45, 7) is 2.84. The molecule has 98 valence electrons. The predicted molar refractivity (Wildman–Crippen MR) is 68.1 cm³/mol. The number of nitrogens with one attached hydrogen (secondary N) is 1. The van der Waals surface area contributed by atoms with Crippen molar-refractivity contribution in [2.45, 2.75) is 25.8 Å². The van der Waals surface area contributed by atoms with Gasteiger partial charge in [0.1, 0.15) is 6.04 Å². The summed E-state index contributed by atoms with van der Waals surface area (Å²) in [4.78, 5) is 31.3. The van der Waals surface area contributed by atoms with E-state index in [0.717, 1.165) is 6.42 Å². The van der Waals surface area contributed by atoms with Gasteiger partial charge in [-0.25, -0.2) is 5.48 Å². The molecule has 1 aliphatic heterocycles. The minimum atomic E-state index is -0.411. The Morgan fingerprint density at radius 3 is 3.11 bits per heavy atom. The van der Waals surface area contributed by atoms with E-state index < -0.39 is 6.04 Å². The molecule has 1 atom stereocenters. The van der Waals surface area contributed by atoms with Crippen LogP contribution in [0.3, 0.4) is 0 Å². The van der Waals surface area contributed by atoms with E-state index in [1.165, 1.54) is 11.3 Å². The quantitative estimate of drug-likeness (QED) is 0.840. The van der Waals surface area contributed by atoms with Crippen molar-refractivity contribution in [2.75, 3.05) is 13.2 Å². The molecule has 1 aliphatic rings. The number of amides is 2. The van der Waals surface area contributed by atoms with Crippen LogP contribution in [0.25, 0.3) is 0 Å². The topological polar surface area (TPSA) is 58.6 Å². The number of nitrogens with zero attached hydrogens (tertiary/aromatic N) is 1. The van der Waals surface area contributed by atoms with Gasteiger partial charge in [-0.15, -0.1) is 11.3 Å². The number of carbonyl (C=O) groups is 2. The van der Waals surface area contributed by atoms with Crippen LogP contribution in [-0.2, 0) is 9.63 Å². The van der Waals surface area contributed by atoms with Crippen LogP contribution in [0.5, 0.6) is 0 Å². The van der Waals surface area contributed by atoms with Crippen molar-refractivity contribution < 1.29 is 14.4 Å². The van der Waals surface area contributed by atoms with Crippen molar-refractivity contribution in [3.05, 3.63) is 22.4 Å². The summed E-state index contributed by atoms with van der Waals surface area (Å²) in [6, 6.07) is 3.21. The van der Waals surface area contributed by atoms with Crippen molar-refractivity contribution in [1.29, 1.82) is 0 Å². The van der Waals surface area contributed by atoms with E-state index in [1.807, 2.05) is 11.4 Å². The largest absolute Gasteiger partial charge is 0.326 e. The average Bonchev–Trinajstić information content (AvgIpc) is 3.04. The maximum Gasteiger partial charge on any atom is 0.266 e. The minimum absolute atomic E-state index is 0.0702. The Balaban J connectivity index is 2.03. The SMILES string of the molecule is CCONC(=O)C1CCCN1C(=O)c1cccs1. The molecule has 0 bridgehead atoms. The number of hydrogen-bond acceptors (Lipinski definition) is 4. The first kappa shape index (κ1) is 13.0. The molecule has 0 spiro atoms. The lowest BCUT2D eigenvalue weighted by Gasteiger charge is -2.22. The Kier molecular flexibility index (Phi) is 4.33. The van der Waals surface area contributed by atoms with E-state index in [1.54, 1.807) is 17.9 Å². The van der Waals surface area contributed by atoms with E-state index in [0.29, 0.717) is 24.4 Å². The molecule has 1 unspecified atom stereocenters. The van der Waals surface area contributed by atoms with Crippen LogP contribution in [0.15, 0.2) is 17.5 Å². The molecule has 0 aliphatic carbocycles. The average molecular weight is 268 g/mol. The van der Waals surface area contributed by atoms with Gasteiger partial charge in [-0.1, -0.05) is 6.07 Å². The molecule has 18 heavy (non-hydrogen) atoms. The monoisotopic (exact) mass is 268 g/mol. The Labute approximate surface area is 110 Å². The van der Waals surface area contributed by atoms with Crippen LogP contribution in [0.2, 0.25) is 0 Å². The summed E-state index contributed by atoms with van der Waals surface area (Å²) in [5.74, 6) is -0.307. The fraction of sp³-hybridized carbons (Fsp3) is 0.500. The van der Waals surface area contributed by atoms with Crippen LogP contribution in [0.1, 0.15) is 29.4 Å². The summed E-state index contributed by atoms with van der Waals surface area (Å²) in [5.41, 5.74) is 2.37. The molecular weight excluding hydrogens is 252 g/mol. The molecule has 5 nitrogen and oxygen atoms in total. The number of carbonyl (C=O) groups excluding carboxylic acids is 2. The molecule has 1 saturated heterocycles. The maximum absolute atomic E-state index is 12.2. The van der Waals surface area contributed by atoms with Gasteiger partial charge in [-0.2, -0.15) is 0 Å². The third kappa shape index (κ3) is 2.70. The zero-order chi connectivity index (χ0) is 13.0. The highest BCUT2D eigenvalue weighted by atomic mass is 32.1. The number of thiophene rings is 1. The van der Waals surface area contributed by atoms with Crippen LogP contribution in [-0.4, -0.2) is 35.9 Å². The Morgan fingerprint density at radius 2 is 2.44 bits per heavy atom. The molecule has 6 heteroatoms. The van der Waals surface area contributed by atoms with Crippen LogP contribution >= 0.6 is 11.3 Å². The molecule has 2 heterocycles. The molecule has 1 N–H and O–H groups in total. The van der Waals surface area contributed by atoms with Crippen LogP contribution in [0.4, 0.5) is 0 Å². The first-order chi connectivity index (χ1) is 8.74. The van der Waals surface area contributed by atoms with E-state index in [9.17, 15) is 9.59 Å². The van der Waals surface area contributed by atoms with Gasteiger partial charge in [0.05, 0.1) is 11.5 Å². The van der Waals surface area contributed by atoms with Gasteiger partial charge in [-0.3, -0.25) is 14.4 Å². The molecule has 2 rings (SSSR count). The summed E-state index contributed by atoms with van der Waals surface area (Å²) >= 11 is 1.40. The van der Waals surface area contributed by atoms with Gasteiger partial charge < -0.3 is 4.90 Å². The summed E-state index contributed by atoms with van der Waals surface area (Å²) in [6.07, 6.45) is 1.54. The van der Waals surface area contributed by atoms with Crippen molar-refractivity contribution in [3.63, 3.8) is 0 Å². The summed E-state index contributed by atoms with van der Waals surface area (Å²) in [7, 11) is 0. The Morgan fingerprint density at radius 1 is 1.61 bits per heavy atom. The van der Waals surface area contributed by atoms with Crippen molar-refractivity contribution in [3.8, 4) is 0 Å². The third-order valence-corrected chi connectivity index (χ3v) is 3.72. The smallest absolute Gasteiger partial charge is 0.266 e. The molecule has 1 aromatic rings. The second-order valence-electron chi connectivity index (χ2n) is 4.03. The number of hydrogen-bond donors (Lipinski definition) is 1. The molecule has 0 aromatic carbocycles.